The first-order chi connectivity index (χ1) is 13.8. The number of anilines is 2. The van der Waals surface area contributed by atoms with Crippen LogP contribution >= 0.6 is 0 Å². The van der Waals surface area contributed by atoms with E-state index in [2.05, 4.69) is 17.1 Å². The molecule has 1 aromatic heterocycles. The van der Waals surface area contributed by atoms with E-state index >= 15 is 0 Å². The minimum absolute atomic E-state index is 0.0447. The van der Waals surface area contributed by atoms with Crippen LogP contribution in [0.3, 0.4) is 0 Å². The lowest BCUT2D eigenvalue weighted by Crippen LogP contribution is -2.38. The third-order valence-corrected chi connectivity index (χ3v) is 5.57. The Kier molecular flexibility index (Phi) is 4.37. The minimum Gasteiger partial charge on any atom is -0.384 e. The van der Waals surface area contributed by atoms with Crippen molar-refractivity contribution in [3.63, 3.8) is 0 Å². The van der Waals surface area contributed by atoms with Crippen LogP contribution in [-0.2, 0) is 0 Å². The first-order valence-corrected chi connectivity index (χ1v) is 9.41. The molecule has 0 spiro atoms. The molecular formula is C20H21N5O4. The third-order valence-electron chi connectivity index (χ3n) is 5.57. The summed E-state index contributed by atoms with van der Waals surface area (Å²) >= 11 is 0. The highest BCUT2D eigenvalue weighted by molar-refractivity contribution is 6.23. The topological polar surface area (TPSA) is 141 Å². The zero-order chi connectivity index (χ0) is 20.9. The molecule has 29 heavy (non-hydrogen) atoms. The van der Waals surface area contributed by atoms with E-state index in [1.807, 2.05) is 0 Å². The van der Waals surface area contributed by atoms with Gasteiger partial charge in [0.25, 0.3) is 17.4 Å². The van der Waals surface area contributed by atoms with Gasteiger partial charge in [0.1, 0.15) is 5.82 Å². The molecule has 150 valence electrons. The Morgan fingerprint density at radius 1 is 1.10 bits per heavy atom. The summed E-state index contributed by atoms with van der Waals surface area (Å²) in [4.78, 5) is 50.9. The molecule has 5 N–H and O–H groups in total. The number of piperidine rings is 1. The molecule has 0 bridgehead atoms. The molecule has 4 rings (SSSR count). The average Bonchev–Trinajstić information content (AvgIpc) is 2.95. The summed E-state index contributed by atoms with van der Waals surface area (Å²) in [6.07, 6.45) is 3.09. The molecule has 0 saturated carbocycles. The molecule has 3 heterocycles. The van der Waals surface area contributed by atoms with Crippen molar-refractivity contribution in [3.05, 3.63) is 51.3 Å². The number of nitrogens with one attached hydrogen (secondary N) is 1. The maximum absolute atomic E-state index is 12.9. The third kappa shape index (κ3) is 2.95. The van der Waals surface area contributed by atoms with Gasteiger partial charge in [-0.15, -0.1) is 0 Å². The zero-order valence-electron chi connectivity index (χ0n) is 15.9. The van der Waals surface area contributed by atoms with Gasteiger partial charge in [0.15, 0.2) is 0 Å². The fourth-order valence-corrected chi connectivity index (χ4v) is 4.08. The maximum atomic E-state index is 12.9. The van der Waals surface area contributed by atoms with Gasteiger partial charge < -0.3 is 16.4 Å². The summed E-state index contributed by atoms with van der Waals surface area (Å²) in [6.45, 7) is 2.87. The van der Waals surface area contributed by atoms with Crippen molar-refractivity contribution in [1.29, 1.82) is 0 Å². The summed E-state index contributed by atoms with van der Waals surface area (Å²) < 4.78 is 1.17. The first kappa shape index (κ1) is 18.7. The molecule has 1 aromatic carbocycles. The van der Waals surface area contributed by atoms with Gasteiger partial charge in [-0.05, 0) is 44.4 Å². The standard InChI is InChI=1S/C20H21N5O4/c1-10-4-2-3-7-24(10)13-6-5-11(18(22)27)8-14(13)25-15(26)9-12-16(17(25)21)20(29)23-19(12)28/h5-6,8-10H,2-4,7,21H2,1H3,(H2,22,27)(H,23,28,29). The largest absolute Gasteiger partial charge is 0.384 e. The molecule has 0 aliphatic carbocycles. The Labute approximate surface area is 166 Å². The summed E-state index contributed by atoms with van der Waals surface area (Å²) in [5, 5.41) is 2.15. The second-order valence-corrected chi connectivity index (χ2v) is 7.38. The van der Waals surface area contributed by atoms with Crippen molar-refractivity contribution in [2.75, 3.05) is 17.2 Å². The molecule has 2 aromatic rings. The van der Waals surface area contributed by atoms with E-state index in [1.54, 1.807) is 12.1 Å². The Bertz CT molecular complexity index is 1120. The lowest BCUT2D eigenvalue weighted by atomic mass is 10.0. The van der Waals surface area contributed by atoms with Gasteiger partial charge in [0, 0.05) is 24.2 Å². The predicted molar refractivity (Wildman–Crippen MR) is 107 cm³/mol. The number of pyridine rings is 1. The molecule has 1 fully saturated rings. The van der Waals surface area contributed by atoms with E-state index in [0.29, 0.717) is 11.4 Å². The molecule has 0 radical (unpaired) electrons. The number of hydrogen-bond acceptors (Lipinski definition) is 6. The van der Waals surface area contributed by atoms with Crippen LogP contribution in [-0.4, -0.2) is 34.9 Å². The van der Waals surface area contributed by atoms with Gasteiger partial charge in [-0.1, -0.05) is 0 Å². The average molecular weight is 395 g/mol. The highest BCUT2D eigenvalue weighted by Gasteiger charge is 2.33. The van der Waals surface area contributed by atoms with Crippen molar-refractivity contribution in [2.45, 2.75) is 32.2 Å². The van der Waals surface area contributed by atoms with E-state index in [0.717, 1.165) is 31.9 Å². The van der Waals surface area contributed by atoms with E-state index < -0.39 is 23.3 Å². The molecule has 1 atom stereocenters. The van der Waals surface area contributed by atoms with Crippen molar-refractivity contribution in [1.82, 2.24) is 9.88 Å². The number of carbonyl (C=O) groups is 3. The Hall–Kier alpha value is -3.62. The van der Waals surface area contributed by atoms with Crippen molar-refractivity contribution >= 4 is 29.2 Å². The Morgan fingerprint density at radius 3 is 2.55 bits per heavy atom. The minimum atomic E-state index is -0.657. The number of aromatic nitrogens is 1. The monoisotopic (exact) mass is 395 g/mol. The smallest absolute Gasteiger partial charge is 0.262 e. The lowest BCUT2D eigenvalue weighted by Gasteiger charge is -2.37. The molecule has 2 aliphatic heterocycles. The van der Waals surface area contributed by atoms with Crippen LogP contribution in [0.25, 0.3) is 5.69 Å². The molecule has 9 nitrogen and oxygen atoms in total. The summed E-state index contributed by atoms with van der Waals surface area (Å²) in [5.74, 6) is -2.11. The summed E-state index contributed by atoms with van der Waals surface area (Å²) in [6, 6.07) is 6.15. The van der Waals surface area contributed by atoms with Gasteiger partial charge in [-0.3, -0.25) is 29.1 Å². The SMILES string of the molecule is CC1CCCCN1c1ccc(C(N)=O)cc1-n1c(N)c2c(cc1=O)C(=O)NC2=O. The van der Waals surface area contributed by atoms with Gasteiger partial charge in [-0.2, -0.15) is 0 Å². The van der Waals surface area contributed by atoms with Crippen molar-refractivity contribution < 1.29 is 14.4 Å². The van der Waals surface area contributed by atoms with Crippen LogP contribution in [0, 0.1) is 0 Å². The number of primary amides is 1. The zero-order valence-corrected chi connectivity index (χ0v) is 15.9. The van der Waals surface area contributed by atoms with Crippen LogP contribution in [0.2, 0.25) is 0 Å². The van der Waals surface area contributed by atoms with Crippen LogP contribution in [0.15, 0.2) is 29.1 Å². The molecule has 1 unspecified atom stereocenters. The Balaban J connectivity index is 1.99. The number of benzene rings is 1. The fraction of sp³-hybridized carbons (Fsp3) is 0.300. The number of hydrogen-bond donors (Lipinski definition) is 3. The van der Waals surface area contributed by atoms with Crippen LogP contribution in [0.4, 0.5) is 11.5 Å². The van der Waals surface area contributed by atoms with E-state index in [1.165, 1.54) is 10.6 Å². The van der Waals surface area contributed by atoms with Gasteiger partial charge in [0.2, 0.25) is 5.91 Å². The number of nitrogen functional groups attached to an aromatic ring is 1. The van der Waals surface area contributed by atoms with Crippen molar-refractivity contribution in [3.8, 4) is 5.69 Å². The normalized spacial score (nSPS) is 18.5. The number of nitrogens with two attached hydrogens (primary N) is 2. The number of rotatable bonds is 3. The first-order valence-electron chi connectivity index (χ1n) is 9.41. The second-order valence-electron chi connectivity index (χ2n) is 7.38. The number of fused-ring (bicyclic) bond motifs is 1. The number of amides is 3. The number of carbonyl (C=O) groups excluding carboxylic acids is 3. The predicted octanol–water partition coefficient (Wildman–Crippen LogP) is 0.781. The van der Waals surface area contributed by atoms with E-state index in [-0.39, 0.29) is 28.6 Å². The number of imide groups is 1. The van der Waals surface area contributed by atoms with E-state index in [9.17, 15) is 19.2 Å². The highest BCUT2D eigenvalue weighted by atomic mass is 16.2. The Morgan fingerprint density at radius 2 is 1.86 bits per heavy atom. The molecule has 3 amide bonds. The second kappa shape index (κ2) is 6.77. The van der Waals surface area contributed by atoms with Gasteiger partial charge in [-0.25, -0.2) is 0 Å². The van der Waals surface area contributed by atoms with E-state index in [4.69, 9.17) is 11.5 Å². The van der Waals surface area contributed by atoms with Crippen molar-refractivity contribution in [2.24, 2.45) is 5.73 Å². The van der Waals surface area contributed by atoms with Gasteiger partial charge >= 0.3 is 0 Å². The summed E-state index contributed by atoms with van der Waals surface area (Å²) in [5.41, 5.74) is 12.2. The van der Waals surface area contributed by atoms with Gasteiger partial charge in [0.05, 0.1) is 22.5 Å². The summed E-state index contributed by atoms with van der Waals surface area (Å²) in [7, 11) is 0. The number of nitrogens with zero attached hydrogens (tertiary/aromatic N) is 2. The van der Waals surface area contributed by atoms with Crippen LogP contribution in [0.5, 0.6) is 0 Å². The molecule has 9 heteroatoms. The molecule has 1 saturated heterocycles. The van der Waals surface area contributed by atoms with Crippen LogP contribution in [0.1, 0.15) is 57.3 Å². The molecular weight excluding hydrogens is 374 g/mol. The maximum Gasteiger partial charge on any atom is 0.262 e. The molecule has 2 aliphatic rings. The fourth-order valence-electron chi connectivity index (χ4n) is 4.08. The lowest BCUT2D eigenvalue weighted by molar-refractivity contribution is 0.0878. The van der Waals surface area contributed by atoms with Crippen LogP contribution < -0.4 is 27.2 Å². The quantitative estimate of drug-likeness (QED) is 0.656. The highest BCUT2D eigenvalue weighted by Crippen LogP contribution is 2.33.